The molecule has 2 aromatic rings. The second-order valence-corrected chi connectivity index (χ2v) is 6.35. The van der Waals surface area contributed by atoms with Crippen LogP contribution < -0.4 is 10.2 Å². The van der Waals surface area contributed by atoms with Crippen LogP contribution in [0, 0.1) is 12.8 Å². The summed E-state index contributed by atoms with van der Waals surface area (Å²) in [5.41, 5.74) is 2.68. The number of aromatic nitrogens is 2. The van der Waals surface area contributed by atoms with Crippen molar-refractivity contribution in [2.45, 2.75) is 33.3 Å². The molecule has 1 atom stereocenters. The normalized spacial score (nSPS) is 14.2. The second-order valence-electron chi connectivity index (χ2n) is 6.35. The number of aliphatic hydroxyl groups excluding tert-OH is 1. The van der Waals surface area contributed by atoms with Crippen LogP contribution in [0.3, 0.4) is 0 Å². The zero-order chi connectivity index (χ0) is 18.7. The molecule has 1 aromatic carbocycles. The molecule has 0 bridgehead atoms. The van der Waals surface area contributed by atoms with Crippen molar-refractivity contribution in [2.75, 3.05) is 6.61 Å². The molecule has 26 heavy (non-hydrogen) atoms. The van der Waals surface area contributed by atoms with E-state index in [-0.39, 0.29) is 36.3 Å². The number of benzene rings is 1. The molecule has 0 spiro atoms. The van der Waals surface area contributed by atoms with Gasteiger partial charge in [0.15, 0.2) is 5.78 Å². The van der Waals surface area contributed by atoms with E-state index in [0.29, 0.717) is 12.4 Å². The third-order valence-electron chi connectivity index (χ3n) is 4.64. The Kier molecular flexibility index (Phi) is 5.66. The number of hydrogen-bond acceptors (Lipinski definition) is 7. The first-order chi connectivity index (χ1) is 12.5. The molecule has 1 aliphatic rings. The maximum absolute atomic E-state index is 12.2. The lowest BCUT2D eigenvalue weighted by atomic mass is 9.76. The average molecular weight is 356 g/mol. The fourth-order valence-corrected chi connectivity index (χ4v) is 2.93. The number of fused-ring (bicyclic) bond motifs is 1. The minimum Gasteiger partial charge on any atom is -0.437 e. The van der Waals surface area contributed by atoms with Crippen LogP contribution in [0.4, 0.5) is 0 Å². The first-order valence-corrected chi connectivity index (χ1v) is 8.59. The predicted molar refractivity (Wildman–Crippen MR) is 95.5 cm³/mol. The smallest absolute Gasteiger partial charge is 0.437 e. The van der Waals surface area contributed by atoms with Crippen LogP contribution >= 0.6 is 0 Å². The van der Waals surface area contributed by atoms with Gasteiger partial charge in [-0.25, -0.2) is 9.97 Å². The molecule has 0 amide bonds. The standard InChI is InChI=1S/C18H21BN2O5/c1-3-12(9-22)6-15(23)14-7-21-17(8-20-14)26-16-5-4-13-10-25-19(24)18(13)11(16)2/h4-5,7-8,12,22,24H,3,6,9-10H2,1-2H3/t12-/m1/s1. The van der Waals surface area contributed by atoms with E-state index < -0.39 is 7.12 Å². The monoisotopic (exact) mass is 356 g/mol. The Morgan fingerprint density at radius 2 is 2.19 bits per heavy atom. The number of Topliss-reactive ketones (excluding diaryl/α,β-unsaturated/α-hetero) is 1. The molecule has 8 heteroatoms. The fourth-order valence-electron chi connectivity index (χ4n) is 2.93. The topological polar surface area (TPSA) is 102 Å². The van der Waals surface area contributed by atoms with Gasteiger partial charge in [0.25, 0.3) is 0 Å². The summed E-state index contributed by atoms with van der Waals surface area (Å²) in [6.07, 6.45) is 3.74. The molecule has 3 rings (SSSR count). The van der Waals surface area contributed by atoms with Crippen LogP contribution in [0.2, 0.25) is 0 Å². The van der Waals surface area contributed by atoms with E-state index in [0.717, 1.165) is 23.0 Å². The number of aliphatic hydroxyl groups is 1. The molecule has 0 saturated carbocycles. The van der Waals surface area contributed by atoms with Crippen LogP contribution in [-0.4, -0.2) is 39.6 Å². The van der Waals surface area contributed by atoms with Gasteiger partial charge in [-0.1, -0.05) is 19.4 Å². The Labute approximate surface area is 152 Å². The Hall–Kier alpha value is -2.29. The molecule has 0 unspecified atom stereocenters. The van der Waals surface area contributed by atoms with E-state index in [9.17, 15) is 14.9 Å². The molecule has 1 aliphatic heterocycles. The van der Waals surface area contributed by atoms with Crippen molar-refractivity contribution in [3.05, 3.63) is 41.3 Å². The Morgan fingerprint density at radius 3 is 2.85 bits per heavy atom. The van der Waals surface area contributed by atoms with Crippen LogP contribution in [0.1, 0.15) is 41.4 Å². The van der Waals surface area contributed by atoms with E-state index in [2.05, 4.69) is 9.97 Å². The highest BCUT2D eigenvalue weighted by Gasteiger charge is 2.30. The number of nitrogens with zero attached hydrogens (tertiary/aromatic N) is 2. The predicted octanol–water partition coefficient (Wildman–Crippen LogP) is 1.39. The molecule has 0 saturated heterocycles. The van der Waals surface area contributed by atoms with Gasteiger partial charge in [0, 0.05) is 13.0 Å². The van der Waals surface area contributed by atoms with Gasteiger partial charge in [-0.05, 0) is 35.5 Å². The van der Waals surface area contributed by atoms with Crippen LogP contribution in [0.15, 0.2) is 24.5 Å². The molecule has 0 radical (unpaired) electrons. The van der Waals surface area contributed by atoms with Crippen molar-refractivity contribution < 1.29 is 24.3 Å². The zero-order valence-electron chi connectivity index (χ0n) is 14.8. The highest BCUT2D eigenvalue weighted by Crippen LogP contribution is 2.25. The number of carbonyl (C=O) groups is 1. The Bertz CT molecular complexity index is 793. The van der Waals surface area contributed by atoms with Gasteiger partial charge in [0.1, 0.15) is 11.4 Å². The quantitative estimate of drug-likeness (QED) is 0.571. The molecule has 7 nitrogen and oxygen atoms in total. The van der Waals surface area contributed by atoms with Crippen LogP contribution in [0.25, 0.3) is 0 Å². The van der Waals surface area contributed by atoms with Crippen molar-refractivity contribution in [2.24, 2.45) is 5.92 Å². The lowest BCUT2D eigenvalue weighted by Crippen LogP contribution is -2.30. The highest BCUT2D eigenvalue weighted by molar-refractivity contribution is 6.62. The summed E-state index contributed by atoms with van der Waals surface area (Å²) < 4.78 is 11.0. The highest BCUT2D eigenvalue weighted by atomic mass is 16.5. The summed E-state index contributed by atoms with van der Waals surface area (Å²) in [4.78, 5) is 20.4. The van der Waals surface area contributed by atoms with E-state index in [1.807, 2.05) is 19.9 Å². The lowest BCUT2D eigenvalue weighted by Gasteiger charge is -2.12. The first-order valence-electron chi connectivity index (χ1n) is 8.59. The van der Waals surface area contributed by atoms with Gasteiger partial charge in [-0.2, -0.15) is 0 Å². The fraction of sp³-hybridized carbons (Fsp3) is 0.389. The molecular weight excluding hydrogens is 335 g/mol. The summed E-state index contributed by atoms with van der Waals surface area (Å²) >= 11 is 0. The van der Waals surface area contributed by atoms with Crippen molar-refractivity contribution >= 4 is 18.4 Å². The van der Waals surface area contributed by atoms with Gasteiger partial charge in [0.2, 0.25) is 5.88 Å². The molecule has 1 aromatic heterocycles. The van der Waals surface area contributed by atoms with Crippen LogP contribution in [-0.2, 0) is 11.3 Å². The molecule has 136 valence electrons. The maximum atomic E-state index is 12.2. The number of hydrogen-bond donors (Lipinski definition) is 2. The summed E-state index contributed by atoms with van der Waals surface area (Å²) in [5.74, 6) is 0.585. The van der Waals surface area contributed by atoms with E-state index in [4.69, 9.17) is 9.39 Å². The maximum Gasteiger partial charge on any atom is 0.492 e. The molecule has 0 aliphatic carbocycles. The SMILES string of the molecule is CC[C@@H](CO)CC(=O)c1cnc(Oc2ccc3c(c2C)B(O)OC3)cn1. The van der Waals surface area contributed by atoms with Crippen molar-refractivity contribution in [1.82, 2.24) is 9.97 Å². The van der Waals surface area contributed by atoms with Gasteiger partial charge in [-0.3, -0.25) is 4.79 Å². The van der Waals surface area contributed by atoms with E-state index in [1.165, 1.54) is 12.4 Å². The molecule has 0 fully saturated rings. The Morgan fingerprint density at radius 1 is 1.38 bits per heavy atom. The molecule has 2 N–H and O–H groups in total. The lowest BCUT2D eigenvalue weighted by molar-refractivity contribution is 0.0928. The summed E-state index contributed by atoms with van der Waals surface area (Å²) in [6.45, 7) is 4.12. The number of ketones is 1. The minimum absolute atomic E-state index is 0.0238. The molecule has 2 heterocycles. The average Bonchev–Trinajstić information content (AvgIpc) is 3.04. The third kappa shape index (κ3) is 3.77. The Balaban J connectivity index is 1.72. The summed E-state index contributed by atoms with van der Waals surface area (Å²) in [7, 11) is -0.947. The summed E-state index contributed by atoms with van der Waals surface area (Å²) in [6, 6.07) is 3.64. The minimum atomic E-state index is -0.947. The van der Waals surface area contributed by atoms with E-state index in [1.54, 1.807) is 6.07 Å². The van der Waals surface area contributed by atoms with E-state index >= 15 is 0 Å². The second kappa shape index (κ2) is 7.95. The van der Waals surface area contributed by atoms with Crippen molar-refractivity contribution in [3.63, 3.8) is 0 Å². The largest absolute Gasteiger partial charge is 0.492 e. The van der Waals surface area contributed by atoms with Gasteiger partial charge >= 0.3 is 7.12 Å². The zero-order valence-corrected chi connectivity index (χ0v) is 14.8. The third-order valence-corrected chi connectivity index (χ3v) is 4.64. The van der Waals surface area contributed by atoms with Gasteiger partial charge in [-0.15, -0.1) is 0 Å². The number of carbonyl (C=O) groups excluding carboxylic acids is 1. The van der Waals surface area contributed by atoms with Gasteiger partial charge < -0.3 is 19.5 Å². The summed E-state index contributed by atoms with van der Waals surface area (Å²) in [5, 5.41) is 19.1. The number of ether oxygens (including phenoxy) is 1. The molecular formula is C18H21BN2O5. The first kappa shape index (κ1) is 18.5. The van der Waals surface area contributed by atoms with Gasteiger partial charge in [0.05, 0.1) is 19.0 Å². The van der Waals surface area contributed by atoms with Crippen molar-refractivity contribution in [1.29, 1.82) is 0 Å². The number of rotatable bonds is 7. The van der Waals surface area contributed by atoms with Crippen molar-refractivity contribution in [3.8, 4) is 11.6 Å². The van der Waals surface area contributed by atoms with Crippen LogP contribution in [0.5, 0.6) is 11.6 Å².